The summed E-state index contributed by atoms with van der Waals surface area (Å²) in [5, 5.41) is 22.0. The Labute approximate surface area is 157 Å². The molecular formula is C18H13FN4O3S. The molecule has 0 spiro atoms. The van der Waals surface area contributed by atoms with E-state index in [9.17, 15) is 19.3 Å². The van der Waals surface area contributed by atoms with Crippen LogP contribution in [0.2, 0.25) is 0 Å². The van der Waals surface area contributed by atoms with Gasteiger partial charge in [0.2, 0.25) is 11.7 Å². The first-order chi connectivity index (χ1) is 13.0. The summed E-state index contributed by atoms with van der Waals surface area (Å²) < 4.78 is 13.3. The number of amides is 1. The molecule has 2 aromatic carbocycles. The first-order valence-corrected chi connectivity index (χ1v) is 8.77. The summed E-state index contributed by atoms with van der Waals surface area (Å²) in [6.45, 7) is 0. The second-order valence-corrected chi connectivity index (χ2v) is 6.38. The molecule has 0 radical (unpaired) electrons. The zero-order valence-corrected chi connectivity index (χ0v) is 14.6. The van der Waals surface area contributed by atoms with Crippen molar-refractivity contribution in [3.63, 3.8) is 0 Å². The minimum absolute atomic E-state index is 0.0323. The van der Waals surface area contributed by atoms with E-state index < -0.39 is 22.3 Å². The van der Waals surface area contributed by atoms with Gasteiger partial charge in [-0.25, -0.2) is 0 Å². The number of hydrogen-bond donors (Lipinski definition) is 1. The number of hydrogen-bond acceptors (Lipinski definition) is 6. The van der Waals surface area contributed by atoms with Gasteiger partial charge in [-0.1, -0.05) is 42.1 Å². The van der Waals surface area contributed by atoms with Crippen LogP contribution < -0.4 is 5.32 Å². The molecular weight excluding hydrogens is 371 g/mol. The van der Waals surface area contributed by atoms with Crippen molar-refractivity contribution in [3.05, 3.63) is 76.6 Å². The zero-order chi connectivity index (χ0) is 19.2. The zero-order valence-electron chi connectivity index (χ0n) is 13.8. The van der Waals surface area contributed by atoms with Gasteiger partial charge in [-0.15, -0.1) is 10.2 Å². The molecule has 0 aliphatic heterocycles. The standard InChI is InChI=1S/C18H13FN4O3S/c19-14-7-6-13(10-16(14)23(25)26)20-17(24)11-27-18-9-8-15(21-22-18)12-4-2-1-3-5-12/h1-10H,11H2,(H,20,24). The number of carbonyl (C=O) groups is 1. The lowest BCUT2D eigenvalue weighted by atomic mass is 10.1. The molecule has 0 aliphatic carbocycles. The van der Waals surface area contributed by atoms with Crippen molar-refractivity contribution >= 4 is 29.0 Å². The van der Waals surface area contributed by atoms with Gasteiger partial charge in [-0.2, -0.15) is 4.39 Å². The van der Waals surface area contributed by atoms with Gasteiger partial charge in [0.25, 0.3) is 0 Å². The topological polar surface area (TPSA) is 98.0 Å². The summed E-state index contributed by atoms with van der Waals surface area (Å²) in [5.74, 6) is -1.32. The quantitative estimate of drug-likeness (QED) is 0.393. The number of anilines is 1. The van der Waals surface area contributed by atoms with Gasteiger partial charge in [-0.3, -0.25) is 14.9 Å². The Morgan fingerprint density at radius 1 is 1.11 bits per heavy atom. The van der Waals surface area contributed by atoms with Gasteiger partial charge in [0.15, 0.2) is 0 Å². The molecule has 3 aromatic rings. The predicted octanol–water partition coefficient (Wildman–Crippen LogP) is 3.92. The largest absolute Gasteiger partial charge is 0.325 e. The van der Waals surface area contributed by atoms with Gasteiger partial charge in [0, 0.05) is 17.3 Å². The molecule has 27 heavy (non-hydrogen) atoms. The number of benzene rings is 2. The van der Waals surface area contributed by atoms with Gasteiger partial charge in [0.05, 0.1) is 16.4 Å². The number of nitrogens with zero attached hydrogens (tertiary/aromatic N) is 3. The summed E-state index contributed by atoms with van der Waals surface area (Å²) >= 11 is 1.17. The van der Waals surface area contributed by atoms with Crippen LogP contribution in [0.4, 0.5) is 15.8 Å². The van der Waals surface area contributed by atoms with Crippen molar-refractivity contribution in [1.29, 1.82) is 0 Å². The van der Waals surface area contributed by atoms with Gasteiger partial charge in [0.1, 0.15) is 5.03 Å². The van der Waals surface area contributed by atoms with Crippen molar-refractivity contribution in [2.24, 2.45) is 0 Å². The number of nitro benzene ring substituents is 1. The maximum atomic E-state index is 13.3. The fraction of sp³-hybridized carbons (Fsp3) is 0.0556. The van der Waals surface area contributed by atoms with E-state index in [0.717, 1.165) is 23.4 Å². The average molecular weight is 384 g/mol. The van der Waals surface area contributed by atoms with Crippen LogP contribution in [0.15, 0.2) is 65.7 Å². The number of nitrogens with one attached hydrogen (secondary N) is 1. The molecule has 0 atom stereocenters. The third kappa shape index (κ3) is 4.85. The van der Waals surface area contributed by atoms with Crippen molar-refractivity contribution in [3.8, 4) is 11.3 Å². The molecule has 1 amide bonds. The molecule has 3 rings (SSSR count). The summed E-state index contributed by atoms with van der Waals surface area (Å²) in [6.07, 6.45) is 0. The second kappa shape index (κ2) is 8.37. The SMILES string of the molecule is O=C(CSc1ccc(-c2ccccc2)nn1)Nc1ccc(F)c([N+](=O)[O-])c1. The second-order valence-electron chi connectivity index (χ2n) is 5.38. The van der Waals surface area contributed by atoms with E-state index in [1.807, 2.05) is 36.4 Å². The highest BCUT2D eigenvalue weighted by Gasteiger charge is 2.15. The first kappa shape index (κ1) is 18.5. The van der Waals surface area contributed by atoms with Crippen LogP contribution in [0.25, 0.3) is 11.3 Å². The smallest absolute Gasteiger partial charge is 0.306 e. The molecule has 0 unspecified atom stereocenters. The Hall–Kier alpha value is -3.33. The van der Waals surface area contributed by atoms with Gasteiger partial charge < -0.3 is 5.32 Å². The number of aromatic nitrogens is 2. The number of nitro groups is 1. The molecule has 1 N–H and O–H groups in total. The molecule has 0 saturated carbocycles. The molecule has 0 aliphatic rings. The van der Waals surface area contributed by atoms with Crippen LogP contribution >= 0.6 is 11.8 Å². The van der Waals surface area contributed by atoms with E-state index in [2.05, 4.69) is 15.5 Å². The number of thioether (sulfide) groups is 1. The maximum Gasteiger partial charge on any atom is 0.306 e. The van der Waals surface area contributed by atoms with Crippen molar-refractivity contribution < 1.29 is 14.1 Å². The number of halogens is 1. The summed E-state index contributed by atoms with van der Waals surface area (Å²) in [5.41, 5.74) is 1.13. The van der Waals surface area contributed by atoms with Crippen molar-refractivity contribution in [2.75, 3.05) is 11.1 Å². The fourth-order valence-corrected chi connectivity index (χ4v) is 2.84. The first-order valence-electron chi connectivity index (χ1n) is 7.78. The Morgan fingerprint density at radius 2 is 1.89 bits per heavy atom. The summed E-state index contributed by atoms with van der Waals surface area (Å²) in [6, 6.07) is 16.3. The lowest BCUT2D eigenvalue weighted by molar-refractivity contribution is -0.387. The Kier molecular flexibility index (Phi) is 5.72. The summed E-state index contributed by atoms with van der Waals surface area (Å²) in [7, 11) is 0. The van der Waals surface area contributed by atoms with Crippen LogP contribution in [0, 0.1) is 15.9 Å². The Bertz CT molecular complexity index is 968. The molecule has 0 bridgehead atoms. The lowest BCUT2D eigenvalue weighted by Gasteiger charge is -2.05. The molecule has 0 fully saturated rings. The predicted molar refractivity (Wildman–Crippen MR) is 99.9 cm³/mol. The lowest BCUT2D eigenvalue weighted by Crippen LogP contribution is -2.14. The van der Waals surface area contributed by atoms with Crippen LogP contribution in [-0.4, -0.2) is 26.8 Å². The highest BCUT2D eigenvalue weighted by Crippen LogP contribution is 2.23. The molecule has 1 aromatic heterocycles. The molecule has 7 nitrogen and oxygen atoms in total. The third-order valence-corrected chi connectivity index (χ3v) is 4.41. The number of carbonyl (C=O) groups excluding carboxylic acids is 1. The van der Waals surface area contributed by atoms with E-state index in [4.69, 9.17) is 0 Å². The minimum atomic E-state index is -0.957. The van der Waals surface area contributed by atoms with Gasteiger partial charge >= 0.3 is 5.69 Å². The maximum absolute atomic E-state index is 13.3. The van der Waals surface area contributed by atoms with E-state index in [1.165, 1.54) is 17.8 Å². The highest BCUT2D eigenvalue weighted by molar-refractivity contribution is 7.99. The van der Waals surface area contributed by atoms with E-state index in [1.54, 1.807) is 6.07 Å². The monoisotopic (exact) mass is 384 g/mol. The molecule has 1 heterocycles. The minimum Gasteiger partial charge on any atom is -0.325 e. The van der Waals surface area contributed by atoms with Crippen molar-refractivity contribution in [2.45, 2.75) is 5.03 Å². The van der Waals surface area contributed by atoms with Gasteiger partial charge in [-0.05, 0) is 24.3 Å². The fourth-order valence-electron chi connectivity index (χ4n) is 2.23. The van der Waals surface area contributed by atoms with E-state index in [0.29, 0.717) is 5.03 Å². The molecule has 9 heteroatoms. The van der Waals surface area contributed by atoms with Crippen molar-refractivity contribution in [1.82, 2.24) is 10.2 Å². The van der Waals surface area contributed by atoms with Crippen LogP contribution in [0.3, 0.4) is 0 Å². The molecule has 0 saturated heterocycles. The highest BCUT2D eigenvalue weighted by atomic mass is 32.2. The van der Waals surface area contributed by atoms with Crippen LogP contribution in [0.1, 0.15) is 0 Å². The normalized spacial score (nSPS) is 10.4. The van der Waals surface area contributed by atoms with E-state index >= 15 is 0 Å². The number of rotatable bonds is 6. The third-order valence-electron chi connectivity index (χ3n) is 3.49. The summed E-state index contributed by atoms with van der Waals surface area (Å²) in [4.78, 5) is 21.9. The van der Waals surface area contributed by atoms with Crippen LogP contribution in [0.5, 0.6) is 0 Å². The van der Waals surface area contributed by atoms with E-state index in [-0.39, 0.29) is 11.4 Å². The average Bonchev–Trinajstić information content (AvgIpc) is 2.69. The Morgan fingerprint density at radius 3 is 2.56 bits per heavy atom. The van der Waals surface area contributed by atoms with Crippen LogP contribution in [-0.2, 0) is 4.79 Å². The molecule has 136 valence electrons. The Balaban J connectivity index is 1.58.